The summed E-state index contributed by atoms with van der Waals surface area (Å²) in [6.45, 7) is 6.03. The van der Waals surface area contributed by atoms with E-state index in [9.17, 15) is 4.79 Å². The van der Waals surface area contributed by atoms with Crippen molar-refractivity contribution in [2.24, 2.45) is 5.41 Å². The van der Waals surface area contributed by atoms with E-state index in [2.05, 4.69) is 31.0 Å². The largest absolute Gasteiger partial charge is 0.381 e. The van der Waals surface area contributed by atoms with Crippen molar-refractivity contribution in [2.45, 2.75) is 49.8 Å². The van der Waals surface area contributed by atoms with Gasteiger partial charge in [-0.25, -0.2) is 4.98 Å². The SMILES string of the molecule is CC1(C)CC(=O)C=C(c2ccc(SC3CCOCC3)nc2)C1. The van der Waals surface area contributed by atoms with Crippen LogP contribution in [0.15, 0.2) is 29.4 Å². The van der Waals surface area contributed by atoms with Crippen LogP contribution in [0.2, 0.25) is 0 Å². The Labute approximate surface area is 136 Å². The second-order valence-electron chi connectivity index (χ2n) is 6.97. The summed E-state index contributed by atoms with van der Waals surface area (Å²) in [5, 5.41) is 1.68. The van der Waals surface area contributed by atoms with Gasteiger partial charge >= 0.3 is 0 Å². The molecule has 0 atom stereocenters. The van der Waals surface area contributed by atoms with Crippen molar-refractivity contribution in [1.82, 2.24) is 4.98 Å². The molecule has 4 heteroatoms. The van der Waals surface area contributed by atoms with Gasteiger partial charge in [-0.15, -0.1) is 11.8 Å². The van der Waals surface area contributed by atoms with Crippen LogP contribution in [0, 0.1) is 5.41 Å². The summed E-state index contributed by atoms with van der Waals surface area (Å²) in [6.07, 6.45) is 7.49. The normalized spacial score (nSPS) is 22.5. The standard InChI is InChI=1S/C18H23NO2S/c1-18(2)10-14(9-15(20)11-18)13-3-4-17(19-12-13)22-16-5-7-21-8-6-16/h3-4,9,12,16H,5-8,10-11H2,1-2H3. The number of ether oxygens (including phenoxy) is 1. The molecule has 2 heterocycles. The van der Waals surface area contributed by atoms with Crippen LogP contribution in [-0.4, -0.2) is 29.2 Å². The molecule has 1 aliphatic heterocycles. The number of thioether (sulfide) groups is 1. The van der Waals surface area contributed by atoms with Crippen LogP contribution in [-0.2, 0) is 9.53 Å². The first-order valence-electron chi connectivity index (χ1n) is 7.96. The van der Waals surface area contributed by atoms with Crippen molar-refractivity contribution in [3.05, 3.63) is 30.0 Å². The van der Waals surface area contributed by atoms with E-state index in [-0.39, 0.29) is 11.2 Å². The molecule has 0 N–H and O–H groups in total. The van der Waals surface area contributed by atoms with Crippen molar-refractivity contribution >= 4 is 23.1 Å². The second-order valence-corrected chi connectivity index (χ2v) is 8.29. The lowest BCUT2D eigenvalue weighted by atomic mass is 9.75. The van der Waals surface area contributed by atoms with Gasteiger partial charge in [-0.3, -0.25) is 4.79 Å². The lowest BCUT2D eigenvalue weighted by Gasteiger charge is -2.28. The molecule has 0 spiro atoms. The highest BCUT2D eigenvalue weighted by Crippen LogP contribution is 2.38. The molecule has 3 nitrogen and oxygen atoms in total. The summed E-state index contributed by atoms with van der Waals surface area (Å²) < 4.78 is 5.39. The number of allylic oxidation sites excluding steroid dienone is 2. The predicted octanol–water partition coefficient (Wildman–Crippen LogP) is 4.13. The molecule has 1 saturated heterocycles. The fourth-order valence-corrected chi connectivity index (χ4v) is 4.17. The highest BCUT2D eigenvalue weighted by atomic mass is 32.2. The molecule has 3 rings (SSSR count). The molecule has 1 aromatic rings. The van der Waals surface area contributed by atoms with E-state index in [1.165, 1.54) is 0 Å². The molecule has 1 aromatic heterocycles. The fourth-order valence-electron chi connectivity index (χ4n) is 3.14. The molecule has 22 heavy (non-hydrogen) atoms. The summed E-state index contributed by atoms with van der Waals surface area (Å²) in [6, 6.07) is 4.19. The maximum atomic E-state index is 11.9. The smallest absolute Gasteiger partial charge is 0.156 e. The van der Waals surface area contributed by atoms with Gasteiger partial charge in [0.05, 0.1) is 5.03 Å². The molecule has 0 saturated carbocycles. The third kappa shape index (κ3) is 3.99. The number of rotatable bonds is 3. The Morgan fingerprint density at radius 1 is 1.23 bits per heavy atom. The molecular formula is C18H23NO2S. The van der Waals surface area contributed by atoms with E-state index in [1.54, 1.807) is 6.08 Å². The van der Waals surface area contributed by atoms with Crippen LogP contribution >= 0.6 is 11.8 Å². The van der Waals surface area contributed by atoms with E-state index in [1.807, 2.05) is 18.0 Å². The summed E-state index contributed by atoms with van der Waals surface area (Å²) in [7, 11) is 0. The Hall–Kier alpha value is -1.13. The highest BCUT2D eigenvalue weighted by molar-refractivity contribution is 7.99. The molecule has 1 fully saturated rings. The zero-order valence-electron chi connectivity index (χ0n) is 13.3. The lowest BCUT2D eigenvalue weighted by Crippen LogP contribution is -2.21. The molecule has 0 unspecified atom stereocenters. The number of aromatic nitrogens is 1. The average Bonchev–Trinajstić information content (AvgIpc) is 2.47. The Morgan fingerprint density at radius 2 is 2.00 bits per heavy atom. The number of nitrogens with zero attached hydrogens (tertiary/aromatic N) is 1. The van der Waals surface area contributed by atoms with Crippen molar-refractivity contribution in [1.29, 1.82) is 0 Å². The van der Waals surface area contributed by atoms with E-state index >= 15 is 0 Å². The van der Waals surface area contributed by atoms with Gasteiger partial charge in [-0.2, -0.15) is 0 Å². The summed E-state index contributed by atoms with van der Waals surface area (Å²) in [4.78, 5) is 16.5. The number of pyridine rings is 1. The van der Waals surface area contributed by atoms with Crippen LogP contribution in [0.4, 0.5) is 0 Å². The van der Waals surface area contributed by atoms with Crippen molar-refractivity contribution < 1.29 is 9.53 Å². The predicted molar refractivity (Wildman–Crippen MR) is 89.9 cm³/mol. The van der Waals surface area contributed by atoms with Gasteiger partial charge in [-0.1, -0.05) is 19.9 Å². The number of carbonyl (C=O) groups is 1. The first-order chi connectivity index (χ1) is 10.5. The van der Waals surface area contributed by atoms with Gasteiger partial charge in [0.1, 0.15) is 0 Å². The molecule has 0 aromatic carbocycles. The number of carbonyl (C=O) groups excluding carboxylic acids is 1. The minimum absolute atomic E-state index is 0.0523. The van der Waals surface area contributed by atoms with Gasteiger partial charge < -0.3 is 4.74 Å². The minimum atomic E-state index is 0.0523. The van der Waals surface area contributed by atoms with E-state index in [0.717, 1.165) is 48.6 Å². The van der Waals surface area contributed by atoms with Gasteiger partial charge in [0.2, 0.25) is 0 Å². The van der Waals surface area contributed by atoms with Crippen LogP contribution in [0.25, 0.3) is 5.57 Å². The van der Waals surface area contributed by atoms with Crippen LogP contribution in [0.5, 0.6) is 0 Å². The summed E-state index contributed by atoms with van der Waals surface area (Å²) >= 11 is 1.84. The second kappa shape index (κ2) is 6.55. The molecule has 0 bridgehead atoms. The quantitative estimate of drug-likeness (QED) is 0.840. The number of hydrogen-bond acceptors (Lipinski definition) is 4. The monoisotopic (exact) mass is 317 g/mol. The summed E-state index contributed by atoms with van der Waals surface area (Å²) in [5.74, 6) is 0.229. The molecule has 1 aliphatic carbocycles. The summed E-state index contributed by atoms with van der Waals surface area (Å²) in [5.41, 5.74) is 2.25. The number of hydrogen-bond donors (Lipinski definition) is 0. The maximum absolute atomic E-state index is 11.9. The minimum Gasteiger partial charge on any atom is -0.381 e. The van der Waals surface area contributed by atoms with Gasteiger partial charge in [0.15, 0.2) is 5.78 Å². The van der Waals surface area contributed by atoms with Crippen LogP contribution in [0.3, 0.4) is 0 Å². The lowest BCUT2D eigenvalue weighted by molar-refractivity contribution is -0.116. The Morgan fingerprint density at radius 3 is 2.64 bits per heavy atom. The Balaban J connectivity index is 1.70. The average molecular weight is 317 g/mol. The van der Waals surface area contributed by atoms with Crippen molar-refractivity contribution in [3.63, 3.8) is 0 Å². The third-order valence-corrected chi connectivity index (χ3v) is 5.51. The third-order valence-electron chi connectivity index (χ3n) is 4.22. The van der Waals surface area contributed by atoms with E-state index in [0.29, 0.717) is 11.7 Å². The van der Waals surface area contributed by atoms with Crippen molar-refractivity contribution in [3.8, 4) is 0 Å². The first kappa shape index (κ1) is 15.8. The highest BCUT2D eigenvalue weighted by Gasteiger charge is 2.28. The van der Waals surface area contributed by atoms with E-state index in [4.69, 9.17) is 4.74 Å². The molecule has 0 amide bonds. The molecule has 118 valence electrons. The Bertz CT molecular complexity index is 571. The van der Waals surface area contributed by atoms with Gasteiger partial charge in [-0.05, 0) is 48.0 Å². The first-order valence-corrected chi connectivity index (χ1v) is 8.84. The molecule has 2 aliphatic rings. The van der Waals surface area contributed by atoms with Crippen LogP contribution in [0.1, 0.15) is 45.1 Å². The van der Waals surface area contributed by atoms with Crippen molar-refractivity contribution in [2.75, 3.05) is 13.2 Å². The topological polar surface area (TPSA) is 39.2 Å². The molecule has 0 radical (unpaired) electrons. The van der Waals surface area contributed by atoms with Gasteiger partial charge in [0.25, 0.3) is 0 Å². The van der Waals surface area contributed by atoms with Crippen LogP contribution < -0.4 is 0 Å². The molecular weight excluding hydrogens is 294 g/mol. The zero-order valence-corrected chi connectivity index (χ0v) is 14.1. The van der Waals surface area contributed by atoms with E-state index < -0.39 is 0 Å². The number of ketones is 1. The zero-order chi connectivity index (χ0) is 15.6. The Kier molecular flexibility index (Phi) is 4.69. The van der Waals surface area contributed by atoms with Gasteiger partial charge in [0, 0.05) is 31.1 Å². The maximum Gasteiger partial charge on any atom is 0.156 e. The fraction of sp³-hybridized carbons (Fsp3) is 0.556.